The second-order valence-corrected chi connectivity index (χ2v) is 7.38. The number of hydrogen-bond donors (Lipinski definition) is 1. The van der Waals surface area contributed by atoms with Crippen molar-refractivity contribution in [1.82, 2.24) is 5.32 Å². The molecular weight excluding hydrogens is 358 g/mol. The molecule has 2 fully saturated rings. The molecule has 0 radical (unpaired) electrons. The Labute approximate surface area is 165 Å². The monoisotopic (exact) mass is 385 g/mol. The Kier molecular flexibility index (Phi) is 7.01. The third-order valence-corrected chi connectivity index (χ3v) is 5.31. The van der Waals surface area contributed by atoms with Crippen LogP contribution in [0.5, 0.6) is 0 Å². The molecule has 0 saturated carbocycles. The van der Waals surface area contributed by atoms with Gasteiger partial charge in [0.25, 0.3) is 0 Å². The highest BCUT2D eigenvalue weighted by molar-refractivity contribution is 5.95. The van der Waals surface area contributed by atoms with Gasteiger partial charge < -0.3 is 19.7 Å². The summed E-state index contributed by atoms with van der Waals surface area (Å²) in [6, 6.07) is 11.4. The lowest BCUT2D eigenvalue weighted by atomic mass is 9.89. The highest BCUT2D eigenvalue weighted by atomic mass is 16.6. The Morgan fingerprint density at radius 3 is 2.79 bits per heavy atom. The molecule has 7 heteroatoms. The molecule has 2 amide bonds. The fourth-order valence-electron chi connectivity index (χ4n) is 3.84. The van der Waals surface area contributed by atoms with Crippen molar-refractivity contribution in [3.05, 3.63) is 30.3 Å². The largest absolute Gasteiger partial charge is 0.378 e. The Morgan fingerprint density at radius 2 is 2.07 bits per heavy atom. The first-order chi connectivity index (χ1) is 13.6. The Bertz CT molecular complexity index is 710. The third-order valence-electron chi connectivity index (χ3n) is 5.31. The van der Waals surface area contributed by atoms with E-state index < -0.39 is 0 Å². The Hall–Kier alpha value is -2.43. The van der Waals surface area contributed by atoms with Gasteiger partial charge in [-0.25, -0.2) is 0 Å². The van der Waals surface area contributed by atoms with Gasteiger partial charge in [0, 0.05) is 50.8 Å². The van der Waals surface area contributed by atoms with Gasteiger partial charge >= 0.3 is 0 Å². The first kappa shape index (κ1) is 20.3. The van der Waals surface area contributed by atoms with Crippen LogP contribution in [0.1, 0.15) is 38.5 Å². The first-order valence-electron chi connectivity index (χ1n) is 9.85. The van der Waals surface area contributed by atoms with Crippen LogP contribution in [0.25, 0.3) is 0 Å². The zero-order valence-corrected chi connectivity index (χ0v) is 16.1. The number of nitriles is 1. The molecule has 2 heterocycles. The fraction of sp³-hybridized carbons (Fsp3) is 0.571. The number of amides is 2. The van der Waals surface area contributed by atoms with E-state index in [1.807, 2.05) is 30.3 Å². The van der Waals surface area contributed by atoms with Crippen molar-refractivity contribution < 1.29 is 19.1 Å². The molecule has 3 rings (SSSR count). The van der Waals surface area contributed by atoms with Gasteiger partial charge in [-0.3, -0.25) is 9.59 Å². The molecule has 0 aromatic heterocycles. The number of ether oxygens (including phenoxy) is 2. The smallest absolute Gasteiger partial charge is 0.227 e. The molecule has 2 saturated heterocycles. The van der Waals surface area contributed by atoms with Crippen molar-refractivity contribution in [2.24, 2.45) is 0 Å². The van der Waals surface area contributed by atoms with Crippen molar-refractivity contribution in [3.8, 4) is 6.07 Å². The molecule has 1 spiro atoms. The third kappa shape index (κ3) is 5.31. The summed E-state index contributed by atoms with van der Waals surface area (Å²) in [4.78, 5) is 26.6. The second-order valence-electron chi connectivity index (χ2n) is 7.38. The van der Waals surface area contributed by atoms with Crippen LogP contribution in [0.4, 0.5) is 5.69 Å². The standard InChI is InChI=1S/C21H27N3O4/c22-11-4-12-24(18-5-2-1-3-6-18)20(26)8-7-19(25)23-17-9-13-28-21(15-17)10-14-27-16-21/h1-3,5-6,17H,4,7-10,12-16H2,(H,23,25)/t17-,21-/m1/s1. The molecule has 0 unspecified atom stereocenters. The van der Waals surface area contributed by atoms with E-state index in [1.54, 1.807) is 4.90 Å². The van der Waals surface area contributed by atoms with E-state index >= 15 is 0 Å². The lowest BCUT2D eigenvalue weighted by Crippen LogP contribution is -2.49. The topological polar surface area (TPSA) is 91.7 Å². The van der Waals surface area contributed by atoms with Gasteiger partial charge in [-0.1, -0.05) is 18.2 Å². The minimum absolute atomic E-state index is 0.0573. The number of nitrogens with one attached hydrogen (secondary N) is 1. The van der Waals surface area contributed by atoms with Crippen molar-refractivity contribution in [1.29, 1.82) is 5.26 Å². The Balaban J connectivity index is 1.49. The van der Waals surface area contributed by atoms with Crippen molar-refractivity contribution in [2.45, 2.75) is 50.2 Å². The molecule has 150 valence electrons. The van der Waals surface area contributed by atoms with Gasteiger partial charge in [0.1, 0.15) is 0 Å². The summed E-state index contributed by atoms with van der Waals surface area (Å²) < 4.78 is 11.4. The van der Waals surface area contributed by atoms with Gasteiger partial charge in [0.15, 0.2) is 0 Å². The van der Waals surface area contributed by atoms with E-state index in [0.717, 1.165) is 24.9 Å². The van der Waals surface area contributed by atoms with Gasteiger partial charge in [-0.2, -0.15) is 5.26 Å². The van der Waals surface area contributed by atoms with E-state index in [2.05, 4.69) is 11.4 Å². The van der Waals surface area contributed by atoms with Gasteiger partial charge in [0.2, 0.25) is 11.8 Å². The van der Waals surface area contributed by atoms with E-state index in [-0.39, 0.29) is 42.7 Å². The number of anilines is 1. The van der Waals surface area contributed by atoms with Crippen LogP contribution < -0.4 is 10.2 Å². The minimum Gasteiger partial charge on any atom is -0.378 e. The van der Waals surface area contributed by atoms with Crippen molar-refractivity contribution >= 4 is 17.5 Å². The molecule has 7 nitrogen and oxygen atoms in total. The van der Waals surface area contributed by atoms with Crippen LogP contribution in [0.3, 0.4) is 0 Å². The molecule has 0 bridgehead atoms. The van der Waals surface area contributed by atoms with Crippen molar-refractivity contribution in [2.75, 3.05) is 31.3 Å². The molecule has 0 aliphatic carbocycles. The lowest BCUT2D eigenvalue weighted by molar-refractivity contribution is -0.128. The highest BCUT2D eigenvalue weighted by Crippen LogP contribution is 2.32. The predicted octanol–water partition coefficient (Wildman–Crippen LogP) is 2.17. The predicted molar refractivity (Wildman–Crippen MR) is 104 cm³/mol. The molecule has 2 aliphatic rings. The van der Waals surface area contributed by atoms with Crippen LogP contribution in [-0.4, -0.2) is 49.8 Å². The molecule has 1 N–H and O–H groups in total. The summed E-state index contributed by atoms with van der Waals surface area (Å²) >= 11 is 0. The summed E-state index contributed by atoms with van der Waals surface area (Å²) in [6.07, 6.45) is 2.89. The van der Waals surface area contributed by atoms with Crippen LogP contribution in [0.2, 0.25) is 0 Å². The summed E-state index contributed by atoms with van der Waals surface area (Å²) in [6.45, 7) is 2.22. The average Bonchev–Trinajstić information content (AvgIpc) is 3.15. The van der Waals surface area contributed by atoms with E-state index in [0.29, 0.717) is 26.4 Å². The average molecular weight is 385 g/mol. The van der Waals surface area contributed by atoms with Crippen LogP contribution in [-0.2, 0) is 19.1 Å². The fourth-order valence-corrected chi connectivity index (χ4v) is 3.84. The number of hydrogen-bond acceptors (Lipinski definition) is 5. The SMILES string of the molecule is N#CCCN(C(=O)CCC(=O)N[C@@H]1CCO[C@]2(CCOC2)C1)c1ccccc1. The molecular formula is C21H27N3O4. The van der Waals surface area contributed by atoms with Gasteiger partial charge in [-0.05, 0) is 25.0 Å². The second kappa shape index (κ2) is 9.67. The van der Waals surface area contributed by atoms with Crippen LogP contribution in [0, 0.1) is 11.3 Å². The zero-order chi connectivity index (χ0) is 19.8. The quantitative estimate of drug-likeness (QED) is 0.777. The number of carbonyl (C=O) groups is 2. The first-order valence-corrected chi connectivity index (χ1v) is 9.85. The summed E-state index contributed by atoms with van der Waals surface area (Å²) in [5.41, 5.74) is 0.490. The van der Waals surface area contributed by atoms with E-state index in [1.165, 1.54) is 0 Å². The summed E-state index contributed by atoms with van der Waals surface area (Å²) in [7, 11) is 0. The maximum absolute atomic E-state index is 12.7. The number of benzene rings is 1. The number of rotatable bonds is 7. The minimum atomic E-state index is -0.257. The van der Waals surface area contributed by atoms with Crippen LogP contribution >= 0.6 is 0 Å². The molecule has 2 atom stereocenters. The molecule has 1 aromatic rings. The van der Waals surface area contributed by atoms with Gasteiger partial charge in [-0.15, -0.1) is 0 Å². The maximum atomic E-state index is 12.7. The number of nitrogens with zero attached hydrogens (tertiary/aromatic N) is 2. The lowest BCUT2D eigenvalue weighted by Gasteiger charge is -2.37. The maximum Gasteiger partial charge on any atom is 0.227 e. The Morgan fingerprint density at radius 1 is 1.25 bits per heavy atom. The summed E-state index contributed by atoms with van der Waals surface area (Å²) in [5.74, 6) is -0.271. The van der Waals surface area contributed by atoms with Crippen molar-refractivity contribution in [3.63, 3.8) is 0 Å². The molecule has 2 aliphatic heterocycles. The van der Waals surface area contributed by atoms with E-state index in [4.69, 9.17) is 14.7 Å². The normalized spacial score (nSPS) is 23.9. The molecule has 1 aromatic carbocycles. The number of carbonyl (C=O) groups excluding carboxylic acids is 2. The van der Waals surface area contributed by atoms with E-state index in [9.17, 15) is 9.59 Å². The summed E-state index contributed by atoms with van der Waals surface area (Å²) in [5, 5.41) is 11.9. The van der Waals surface area contributed by atoms with Gasteiger partial charge in [0.05, 0.1) is 24.7 Å². The number of para-hydroxylation sites is 1. The highest BCUT2D eigenvalue weighted by Gasteiger charge is 2.41. The van der Waals surface area contributed by atoms with Crippen LogP contribution in [0.15, 0.2) is 30.3 Å². The zero-order valence-electron chi connectivity index (χ0n) is 16.1. The molecule has 28 heavy (non-hydrogen) atoms.